The highest BCUT2D eigenvalue weighted by Crippen LogP contribution is 2.37. The maximum Gasteiger partial charge on any atom is 0.311 e. The molecule has 3 aromatic carbocycles. The summed E-state index contributed by atoms with van der Waals surface area (Å²) in [5.41, 5.74) is 0.117. The summed E-state index contributed by atoms with van der Waals surface area (Å²) in [6, 6.07) is 27.1. The quantitative estimate of drug-likeness (QED) is 0.226. The van der Waals surface area contributed by atoms with Gasteiger partial charge in [0.15, 0.2) is 6.29 Å². The number of carbonyl (C=O) groups excluding carboxylic acids is 1. The van der Waals surface area contributed by atoms with Gasteiger partial charge >= 0.3 is 11.9 Å². The third-order valence-corrected chi connectivity index (χ3v) is 6.67. The molecule has 0 aliphatic rings. The van der Waals surface area contributed by atoms with Gasteiger partial charge in [-0.3, -0.25) is 9.59 Å². The summed E-state index contributed by atoms with van der Waals surface area (Å²) in [6.07, 6.45) is -1.20. The van der Waals surface area contributed by atoms with Gasteiger partial charge in [-0.05, 0) is 16.7 Å². The number of hydrogen-bond donors (Lipinski definition) is 2. The fraction of sp³-hybridized carbons (Fsp3) is 0.323. The van der Waals surface area contributed by atoms with E-state index in [1.54, 1.807) is 24.3 Å². The number of rotatable bonds is 18. The van der Waals surface area contributed by atoms with E-state index >= 15 is 0 Å². The third kappa shape index (κ3) is 8.06. The molecule has 9 heteroatoms. The molecule has 212 valence electrons. The Bertz CT molecular complexity index is 1120. The molecule has 0 aliphatic carbocycles. The van der Waals surface area contributed by atoms with Crippen molar-refractivity contribution >= 4 is 18.2 Å². The van der Waals surface area contributed by atoms with E-state index in [1.165, 1.54) is 7.11 Å². The molecular weight excluding hydrogens is 516 g/mol. The van der Waals surface area contributed by atoms with Crippen LogP contribution < -0.4 is 0 Å². The maximum absolute atomic E-state index is 12.7. The van der Waals surface area contributed by atoms with Crippen LogP contribution in [0.4, 0.5) is 0 Å². The molecule has 2 unspecified atom stereocenters. The van der Waals surface area contributed by atoms with E-state index in [0.717, 1.165) is 11.1 Å². The average molecular weight is 551 g/mol. The molecule has 0 saturated carbocycles. The smallest absolute Gasteiger partial charge is 0.311 e. The lowest BCUT2D eigenvalue weighted by Gasteiger charge is -2.44. The maximum atomic E-state index is 12.7. The molecular formula is C31H34O9. The molecule has 0 aromatic heterocycles. The normalized spacial score (nSPS) is 14.9. The third-order valence-electron chi connectivity index (χ3n) is 6.67. The summed E-state index contributed by atoms with van der Waals surface area (Å²) < 4.78 is 23.1. The molecule has 0 bridgehead atoms. The second kappa shape index (κ2) is 15.6. The predicted octanol–water partition coefficient (Wildman–Crippen LogP) is 3.99. The monoisotopic (exact) mass is 550 g/mol. The average Bonchev–Trinajstić information content (AvgIpc) is 2.98. The molecule has 0 spiro atoms. The summed E-state index contributed by atoms with van der Waals surface area (Å²) in [5.74, 6) is -6.01. The zero-order chi connectivity index (χ0) is 28.8. The highest BCUT2D eigenvalue weighted by atomic mass is 16.6. The minimum atomic E-state index is -2.18. The van der Waals surface area contributed by atoms with Crippen LogP contribution in [0.15, 0.2) is 91.0 Å². The summed E-state index contributed by atoms with van der Waals surface area (Å²) in [6.45, 7) is -0.824. The fourth-order valence-corrected chi connectivity index (χ4v) is 4.60. The molecule has 3 aromatic rings. The van der Waals surface area contributed by atoms with E-state index in [1.807, 2.05) is 66.7 Å². The van der Waals surface area contributed by atoms with Crippen LogP contribution in [0.1, 0.15) is 16.7 Å². The van der Waals surface area contributed by atoms with E-state index in [4.69, 9.17) is 18.9 Å². The van der Waals surface area contributed by atoms with Crippen LogP contribution in [0.2, 0.25) is 0 Å². The lowest BCUT2D eigenvalue weighted by atomic mass is 9.73. The number of aliphatic carboxylic acids is 2. The lowest BCUT2D eigenvalue weighted by Crippen LogP contribution is -2.63. The van der Waals surface area contributed by atoms with Gasteiger partial charge in [-0.25, -0.2) is 0 Å². The van der Waals surface area contributed by atoms with Crippen LogP contribution in [0.25, 0.3) is 0 Å². The van der Waals surface area contributed by atoms with Crippen molar-refractivity contribution in [2.75, 3.05) is 20.3 Å². The van der Waals surface area contributed by atoms with E-state index in [0.29, 0.717) is 11.8 Å². The summed E-state index contributed by atoms with van der Waals surface area (Å²) in [7, 11) is 1.17. The molecule has 0 amide bonds. The Kier molecular flexibility index (Phi) is 12.0. The summed E-state index contributed by atoms with van der Waals surface area (Å²) >= 11 is 0. The van der Waals surface area contributed by atoms with Gasteiger partial charge in [0.05, 0.1) is 33.0 Å². The Balaban J connectivity index is 1.94. The van der Waals surface area contributed by atoms with Crippen LogP contribution in [0, 0.1) is 11.8 Å². The van der Waals surface area contributed by atoms with Gasteiger partial charge in [0.25, 0.3) is 0 Å². The van der Waals surface area contributed by atoms with Gasteiger partial charge in [0.1, 0.15) is 23.5 Å². The number of carboxylic acids is 2. The van der Waals surface area contributed by atoms with E-state index < -0.39 is 48.7 Å². The van der Waals surface area contributed by atoms with Gasteiger partial charge in [-0.1, -0.05) is 91.0 Å². The topological polar surface area (TPSA) is 129 Å². The SMILES string of the molecule is COC(C(C=O)OCc1ccccc1)([C@H](COCc1ccccc1)C(=O)O)[C@@H](COCc1ccccc1)C(=O)O. The van der Waals surface area contributed by atoms with Crippen molar-refractivity contribution in [1.82, 2.24) is 0 Å². The van der Waals surface area contributed by atoms with Crippen molar-refractivity contribution in [2.45, 2.75) is 31.5 Å². The van der Waals surface area contributed by atoms with Gasteiger partial charge < -0.3 is 34.0 Å². The molecule has 0 radical (unpaired) electrons. The number of benzene rings is 3. The van der Waals surface area contributed by atoms with Crippen LogP contribution in [-0.2, 0) is 53.2 Å². The summed E-state index contributed by atoms with van der Waals surface area (Å²) in [5, 5.41) is 20.7. The molecule has 0 saturated heterocycles. The first-order chi connectivity index (χ1) is 19.4. The largest absolute Gasteiger partial charge is 0.481 e. The first kappa shape index (κ1) is 30.6. The van der Waals surface area contributed by atoms with Gasteiger partial charge in [0, 0.05) is 7.11 Å². The Morgan fingerprint density at radius 2 is 1.07 bits per heavy atom. The number of carbonyl (C=O) groups is 3. The van der Waals surface area contributed by atoms with Crippen LogP contribution in [0.3, 0.4) is 0 Å². The molecule has 2 N–H and O–H groups in total. The van der Waals surface area contributed by atoms with Crippen LogP contribution >= 0.6 is 0 Å². The summed E-state index contributed by atoms with van der Waals surface area (Å²) in [4.78, 5) is 37.9. The van der Waals surface area contributed by atoms with Crippen molar-refractivity contribution in [3.8, 4) is 0 Å². The number of aldehydes is 1. The number of carboxylic acid groups (broad SMARTS) is 2. The Morgan fingerprint density at radius 3 is 1.40 bits per heavy atom. The Morgan fingerprint density at radius 1 is 0.700 bits per heavy atom. The van der Waals surface area contributed by atoms with Crippen molar-refractivity contribution < 1.29 is 43.5 Å². The predicted molar refractivity (Wildman–Crippen MR) is 145 cm³/mol. The number of hydrogen-bond acceptors (Lipinski definition) is 7. The highest BCUT2D eigenvalue weighted by Gasteiger charge is 2.58. The van der Waals surface area contributed by atoms with Crippen LogP contribution in [0.5, 0.6) is 0 Å². The van der Waals surface area contributed by atoms with Gasteiger partial charge in [0.2, 0.25) is 0 Å². The second-order valence-electron chi connectivity index (χ2n) is 9.19. The molecule has 0 fully saturated rings. The Hall–Kier alpha value is -3.89. The molecule has 0 heterocycles. The zero-order valence-corrected chi connectivity index (χ0v) is 22.3. The molecule has 0 aliphatic heterocycles. The van der Waals surface area contributed by atoms with Crippen molar-refractivity contribution in [3.05, 3.63) is 108 Å². The number of ether oxygens (including phenoxy) is 4. The van der Waals surface area contributed by atoms with E-state index in [9.17, 15) is 24.6 Å². The molecule has 3 rings (SSSR count). The van der Waals surface area contributed by atoms with Crippen molar-refractivity contribution in [3.63, 3.8) is 0 Å². The first-order valence-electron chi connectivity index (χ1n) is 12.8. The number of methoxy groups -OCH3 is 1. The van der Waals surface area contributed by atoms with E-state index in [2.05, 4.69) is 0 Å². The highest BCUT2D eigenvalue weighted by molar-refractivity contribution is 5.79. The second-order valence-corrected chi connectivity index (χ2v) is 9.19. The van der Waals surface area contributed by atoms with Crippen molar-refractivity contribution in [2.24, 2.45) is 11.8 Å². The van der Waals surface area contributed by atoms with E-state index in [-0.39, 0.29) is 19.8 Å². The minimum absolute atomic E-state index is 0.0727. The molecule has 40 heavy (non-hydrogen) atoms. The zero-order valence-electron chi connectivity index (χ0n) is 22.3. The Labute approximate surface area is 233 Å². The molecule has 4 atom stereocenters. The van der Waals surface area contributed by atoms with Crippen LogP contribution in [-0.4, -0.2) is 60.5 Å². The first-order valence-corrected chi connectivity index (χ1v) is 12.8. The van der Waals surface area contributed by atoms with Gasteiger partial charge in [-0.2, -0.15) is 0 Å². The van der Waals surface area contributed by atoms with Crippen molar-refractivity contribution in [1.29, 1.82) is 0 Å². The lowest BCUT2D eigenvalue weighted by molar-refractivity contribution is -0.217. The standard InChI is InChI=1S/C31H34O9/c1-37-31(28(17-32)40-20-25-15-9-4-10-16-25,26(29(33)34)21-38-18-23-11-5-2-6-12-23)27(30(35)36)22-39-19-24-13-7-3-8-14-24/h2-17,26-28H,18-22H2,1H3,(H,33,34)(H,35,36)/t26-,27+,28?,31?. The fourth-order valence-electron chi connectivity index (χ4n) is 4.60. The molecule has 9 nitrogen and oxygen atoms in total. The van der Waals surface area contributed by atoms with Gasteiger partial charge in [-0.15, -0.1) is 0 Å². The minimum Gasteiger partial charge on any atom is -0.481 e.